The van der Waals surface area contributed by atoms with Crippen LogP contribution in [0.4, 0.5) is 0 Å². The van der Waals surface area contributed by atoms with Crippen LogP contribution in [0, 0.1) is 5.92 Å². The van der Waals surface area contributed by atoms with Crippen LogP contribution in [0.15, 0.2) is 0 Å². The fourth-order valence-corrected chi connectivity index (χ4v) is 1.02. The van der Waals surface area contributed by atoms with Crippen molar-refractivity contribution in [3.05, 3.63) is 0 Å². The van der Waals surface area contributed by atoms with E-state index in [-0.39, 0.29) is 30.8 Å². The SMILES string of the molecule is CON(C)C(=O)C1COC(=O)C1. The van der Waals surface area contributed by atoms with Gasteiger partial charge in [-0.15, -0.1) is 0 Å². The number of rotatable bonds is 2. The van der Waals surface area contributed by atoms with Gasteiger partial charge >= 0.3 is 5.97 Å². The second kappa shape index (κ2) is 3.53. The maximum Gasteiger partial charge on any atom is 0.306 e. The number of hydrogen-bond donors (Lipinski definition) is 0. The van der Waals surface area contributed by atoms with Crippen LogP contribution in [-0.4, -0.2) is 37.7 Å². The minimum absolute atomic E-state index is 0.159. The van der Waals surface area contributed by atoms with Crippen LogP contribution in [-0.2, 0) is 19.2 Å². The zero-order valence-corrected chi connectivity index (χ0v) is 7.07. The molecule has 0 aliphatic carbocycles. The Morgan fingerprint density at radius 1 is 1.75 bits per heavy atom. The van der Waals surface area contributed by atoms with Crippen molar-refractivity contribution in [1.29, 1.82) is 0 Å². The molecular weight excluding hydrogens is 162 g/mol. The Morgan fingerprint density at radius 2 is 2.42 bits per heavy atom. The van der Waals surface area contributed by atoms with Gasteiger partial charge in [0.25, 0.3) is 5.91 Å². The van der Waals surface area contributed by atoms with Gasteiger partial charge in [0.1, 0.15) is 6.61 Å². The molecule has 0 aromatic rings. The van der Waals surface area contributed by atoms with E-state index in [4.69, 9.17) is 0 Å². The van der Waals surface area contributed by atoms with Crippen molar-refractivity contribution in [3.8, 4) is 0 Å². The van der Waals surface area contributed by atoms with Crippen molar-refractivity contribution in [3.63, 3.8) is 0 Å². The van der Waals surface area contributed by atoms with E-state index in [1.165, 1.54) is 14.2 Å². The van der Waals surface area contributed by atoms with Gasteiger partial charge in [-0.2, -0.15) is 0 Å². The molecule has 1 heterocycles. The minimum Gasteiger partial charge on any atom is -0.465 e. The zero-order valence-electron chi connectivity index (χ0n) is 7.07. The van der Waals surface area contributed by atoms with Crippen molar-refractivity contribution in [1.82, 2.24) is 5.06 Å². The van der Waals surface area contributed by atoms with E-state index in [1.807, 2.05) is 0 Å². The molecule has 1 aliphatic rings. The Labute approximate surface area is 70.2 Å². The number of nitrogens with zero attached hydrogens (tertiary/aromatic N) is 1. The third-order valence-corrected chi connectivity index (χ3v) is 1.79. The number of ether oxygens (including phenoxy) is 1. The van der Waals surface area contributed by atoms with Gasteiger partial charge in [0, 0.05) is 7.05 Å². The average Bonchev–Trinajstić information content (AvgIpc) is 2.49. The molecule has 1 unspecified atom stereocenters. The fraction of sp³-hybridized carbons (Fsp3) is 0.714. The Kier molecular flexibility index (Phi) is 2.65. The first kappa shape index (κ1) is 8.99. The molecule has 0 spiro atoms. The summed E-state index contributed by atoms with van der Waals surface area (Å²) in [4.78, 5) is 26.6. The number of hydrogen-bond acceptors (Lipinski definition) is 4. The van der Waals surface area contributed by atoms with Crippen molar-refractivity contribution in [2.75, 3.05) is 20.8 Å². The molecular formula is C7H11NO4. The van der Waals surface area contributed by atoms with Gasteiger partial charge in [0.15, 0.2) is 0 Å². The van der Waals surface area contributed by atoms with Gasteiger partial charge in [-0.25, -0.2) is 5.06 Å². The molecule has 1 rings (SSSR count). The lowest BCUT2D eigenvalue weighted by Gasteiger charge is -2.15. The van der Waals surface area contributed by atoms with Crippen molar-refractivity contribution in [2.24, 2.45) is 5.92 Å². The third kappa shape index (κ3) is 1.73. The average molecular weight is 173 g/mol. The highest BCUT2D eigenvalue weighted by Crippen LogP contribution is 2.15. The molecule has 0 aromatic heterocycles. The molecule has 5 nitrogen and oxygen atoms in total. The van der Waals surface area contributed by atoms with Gasteiger partial charge in [0.2, 0.25) is 0 Å². The van der Waals surface area contributed by atoms with E-state index < -0.39 is 0 Å². The lowest BCUT2D eigenvalue weighted by Crippen LogP contribution is -2.32. The summed E-state index contributed by atoms with van der Waals surface area (Å²) in [5, 5.41) is 1.10. The summed E-state index contributed by atoms with van der Waals surface area (Å²) in [6, 6.07) is 0. The molecule has 0 aromatic carbocycles. The lowest BCUT2D eigenvalue weighted by atomic mass is 10.1. The summed E-state index contributed by atoms with van der Waals surface area (Å²) in [7, 11) is 2.90. The molecule has 0 N–H and O–H groups in total. The summed E-state index contributed by atoms with van der Waals surface area (Å²) in [5.74, 6) is -0.913. The molecule has 1 atom stereocenters. The number of esters is 1. The highest BCUT2D eigenvalue weighted by molar-refractivity contribution is 5.85. The number of carbonyl (C=O) groups excluding carboxylic acids is 2. The first-order valence-electron chi connectivity index (χ1n) is 3.62. The van der Waals surface area contributed by atoms with E-state index >= 15 is 0 Å². The van der Waals surface area contributed by atoms with Gasteiger partial charge in [-0.1, -0.05) is 0 Å². The highest BCUT2D eigenvalue weighted by Gasteiger charge is 2.32. The summed E-state index contributed by atoms with van der Waals surface area (Å²) >= 11 is 0. The van der Waals surface area contributed by atoms with Crippen LogP contribution < -0.4 is 0 Å². The minimum atomic E-state index is -0.373. The molecule has 1 amide bonds. The van der Waals surface area contributed by atoms with Crippen LogP contribution in [0.3, 0.4) is 0 Å². The maximum atomic E-state index is 11.3. The molecule has 0 saturated carbocycles. The normalized spacial score (nSPS) is 22.2. The van der Waals surface area contributed by atoms with Gasteiger partial charge < -0.3 is 4.74 Å². The van der Waals surface area contributed by atoms with Gasteiger partial charge in [0.05, 0.1) is 19.4 Å². The topological polar surface area (TPSA) is 55.8 Å². The highest BCUT2D eigenvalue weighted by atomic mass is 16.7. The molecule has 5 heteroatoms. The molecule has 1 saturated heterocycles. The molecule has 0 bridgehead atoms. The third-order valence-electron chi connectivity index (χ3n) is 1.79. The van der Waals surface area contributed by atoms with E-state index in [0.717, 1.165) is 5.06 Å². The predicted molar refractivity (Wildman–Crippen MR) is 38.8 cm³/mol. The Bertz CT molecular complexity index is 204. The van der Waals surface area contributed by atoms with Crippen LogP contribution >= 0.6 is 0 Å². The summed E-state index contributed by atoms with van der Waals surface area (Å²) < 4.78 is 4.64. The largest absolute Gasteiger partial charge is 0.465 e. The van der Waals surface area contributed by atoms with Crippen LogP contribution in [0.1, 0.15) is 6.42 Å². The van der Waals surface area contributed by atoms with E-state index in [2.05, 4.69) is 9.57 Å². The lowest BCUT2D eigenvalue weighted by molar-refractivity contribution is -0.173. The molecule has 68 valence electrons. The zero-order chi connectivity index (χ0) is 9.14. The van der Waals surface area contributed by atoms with E-state index in [1.54, 1.807) is 0 Å². The van der Waals surface area contributed by atoms with Crippen molar-refractivity contribution in [2.45, 2.75) is 6.42 Å². The van der Waals surface area contributed by atoms with E-state index in [0.29, 0.717) is 0 Å². The van der Waals surface area contributed by atoms with E-state index in [9.17, 15) is 9.59 Å². The number of hydroxylamine groups is 2. The standard InChI is InChI=1S/C7H11NO4/c1-8(11-2)7(10)5-3-6(9)12-4-5/h5H,3-4H2,1-2H3. The molecule has 1 fully saturated rings. The van der Waals surface area contributed by atoms with Crippen LogP contribution in [0.25, 0.3) is 0 Å². The summed E-state index contributed by atoms with van der Waals surface area (Å²) in [5.41, 5.74) is 0. The second-order valence-electron chi connectivity index (χ2n) is 2.60. The van der Waals surface area contributed by atoms with Gasteiger partial charge in [-0.05, 0) is 0 Å². The Hall–Kier alpha value is -1.10. The summed E-state index contributed by atoms with van der Waals surface area (Å²) in [6.07, 6.45) is 0.159. The van der Waals surface area contributed by atoms with Crippen LogP contribution in [0.5, 0.6) is 0 Å². The van der Waals surface area contributed by atoms with Crippen molar-refractivity contribution >= 4 is 11.9 Å². The molecule has 1 aliphatic heterocycles. The first-order chi connectivity index (χ1) is 5.65. The number of cyclic esters (lactones) is 1. The number of amides is 1. The second-order valence-corrected chi connectivity index (χ2v) is 2.60. The monoisotopic (exact) mass is 173 g/mol. The smallest absolute Gasteiger partial charge is 0.306 e. The van der Waals surface area contributed by atoms with Gasteiger partial charge in [-0.3, -0.25) is 14.4 Å². The number of carbonyl (C=O) groups is 2. The van der Waals surface area contributed by atoms with Crippen LogP contribution in [0.2, 0.25) is 0 Å². The summed E-state index contributed by atoms with van der Waals surface area (Å²) in [6.45, 7) is 0.172. The maximum absolute atomic E-state index is 11.3. The Balaban J connectivity index is 2.48. The van der Waals surface area contributed by atoms with Crippen molar-refractivity contribution < 1.29 is 19.2 Å². The predicted octanol–water partition coefficient (Wildman–Crippen LogP) is -0.431. The quantitative estimate of drug-likeness (QED) is 0.420. The Morgan fingerprint density at radius 3 is 2.83 bits per heavy atom. The fourth-order valence-electron chi connectivity index (χ4n) is 1.02. The molecule has 0 radical (unpaired) electrons. The molecule has 12 heavy (non-hydrogen) atoms. The first-order valence-corrected chi connectivity index (χ1v) is 3.62.